The Labute approximate surface area is 420 Å². The average Bonchev–Trinajstić information content (AvgIpc) is 2.01. The van der Waals surface area contributed by atoms with Crippen molar-refractivity contribution in [1.82, 2.24) is 15.0 Å². The van der Waals surface area contributed by atoms with Gasteiger partial charge in [-0.05, 0) is 120 Å². The number of para-hydroxylation sites is 1. The summed E-state index contributed by atoms with van der Waals surface area (Å²) in [5.41, 5.74) is -1.87. The Morgan fingerprint density at radius 2 is 1.12 bits per heavy atom. The lowest BCUT2D eigenvalue weighted by Crippen LogP contribution is -2.05. The molecule has 0 unspecified atom stereocenters. The van der Waals surface area contributed by atoms with Gasteiger partial charge < -0.3 is 4.42 Å². The van der Waals surface area contributed by atoms with Crippen LogP contribution in [0.2, 0.25) is 0 Å². The molecule has 1 fully saturated rings. The van der Waals surface area contributed by atoms with Gasteiger partial charge in [-0.1, -0.05) is 146 Å². The lowest BCUT2D eigenvalue weighted by atomic mass is 9.89. The summed E-state index contributed by atoms with van der Waals surface area (Å²) in [6.45, 7) is 0. The predicted molar refractivity (Wildman–Crippen MR) is 272 cm³/mol. The molecule has 10 aromatic rings. The fourth-order valence-corrected chi connectivity index (χ4v) is 8.71. The quantitative estimate of drug-likeness (QED) is 0.109. The third kappa shape index (κ3) is 9.11. The van der Waals surface area contributed by atoms with Crippen LogP contribution in [0.5, 0.6) is 0 Å². The molecule has 0 aliphatic heterocycles. The van der Waals surface area contributed by atoms with Crippen LogP contribution in [-0.2, 0) is 38.2 Å². The van der Waals surface area contributed by atoms with Crippen LogP contribution >= 0.6 is 0 Å². The number of hydrogen-bond acceptors (Lipinski definition) is 4. The van der Waals surface area contributed by atoms with E-state index in [-0.39, 0.29) is 50.4 Å². The summed E-state index contributed by atoms with van der Waals surface area (Å²) in [5, 5.41) is 0.505. The van der Waals surface area contributed by atoms with Gasteiger partial charge in [0.05, 0.1) is 23.9 Å². The van der Waals surface area contributed by atoms with Crippen molar-refractivity contribution in [2.24, 2.45) is 0 Å². The molecule has 6 aromatic carbocycles. The maximum absolute atomic E-state index is 17.0. The first-order valence-electron chi connectivity index (χ1n) is 30.7. The van der Waals surface area contributed by atoms with Crippen molar-refractivity contribution < 1.29 is 36.5 Å². The highest BCUT2D eigenvalue weighted by Crippen LogP contribution is 2.40. The smallest absolute Gasteiger partial charge is 0.174 e. The molecule has 6 heteroatoms. The molecule has 4 nitrogen and oxygen atoms in total. The number of furan rings is 1. The number of aryl methyl sites for hydroxylation is 6. The lowest BCUT2D eigenvalue weighted by Gasteiger charge is -2.17. The van der Waals surface area contributed by atoms with Crippen molar-refractivity contribution in [3.63, 3.8) is 0 Å². The van der Waals surface area contributed by atoms with Crippen molar-refractivity contribution >= 4 is 21.9 Å². The van der Waals surface area contributed by atoms with Crippen LogP contribution in [0.15, 0.2) is 187 Å². The van der Waals surface area contributed by atoms with Crippen LogP contribution in [0.1, 0.15) is 93.8 Å². The van der Waals surface area contributed by atoms with E-state index in [1.807, 2.05) is 30.3 Å². The van der Waals surface area contributed by atoms with Crippen LogP contribution in [0.4, 0.5) is 8.78 Å². The van der Waals surface area contributed by atoms with E-state index in [4.69, 9.17) is 11.3 Å². The molecule has 0 amide bonds. The summed E-state index contributed by atoms with van der Waals surface area (Å²) in [6, 6.07) is 30.0. The molecule has 11 rings (SSSR count). The molecule has 334 valence electrons. The third-order valence-electron chi connectivity index (χ3n) is 12.1. The Hall–Kier alpha value is -7.57. The number of hydrogen-bond donors (Lipinski definition) is 0. The summed E-state index contributed by atoms with van der Waals surface area (Å²) in [6.07, 6.45) is -13.2. The van der Waals surface area contributed by atoms with Crippen LogP contribution < -0.4 is 0 Å². The first-order valence-corrected chi connectivity index (χ1v) is 22.2. The predicted octanol–water partition coefficient (Wildman–Crippen LogP) is 15.7. The highest BCUT2D eigenvalue weighted by molar-refractivity contribution is 6.10. The fourth-order valence-electron chi connectivity index (χ4n) is 8.71. The topological polar surface area (TPSA) is 51.8 Å². The van der Waals surface area contributed by atoms with Crippen molar-refractivity contribution in [2.75, 3.05) is 0 Å². The molecule has 0 N–H and O–H groups in total. The molecule has 1 saturated carbocycles. The first kappa shape index (κ1) is 27.9. The molecule has 0 spiro atoms. The number of benzene rings is 6. The van der Waals surface area contributed by atoms with E-state index >= 15 is 8.78 Å². The van der Waals surface area contributed by atoms with Crippen molar-refractivity contribution in [2.45, 2.75) is 69.8 Å². The van der Waals surface area contributed by atoms with Gasteiger partial charge >= 0.3 is 0 Å². The van der Waals surface area contributed by atoms with Gasteiger partial charge in [-0.3, -0.25) is 15.0 Å². The average molecular weight is 909 g/mol. The highest BCUT2D eigenvalue weighted by atomic mass is 19.1. The Morgan fingerprint density at radius 3 is 1.81 bits per heavy atom. The van der Waals surface area contributed by atoms with E-state index in [0.29, 0.717) is 40.7 Å². The molecule has 0 bridgehead atoms. The SMILES string of the molecule is [2H]c1c([2H])c([2H])c(-c2ccc3c(oc4c(-c5cc(F)c(C([2H])([2H])C([2H])([2H])c6cc(C([2H])([2H])C([2H])([2H])c7ccc(-c8ccccc8)nc7)cc(C([2H])([2H])C([2H])([2H])c7cnc(-c8ccccc8)cc7C7CCCC7)c6)cn5)cccc43)c2F)c([2H])c1[2H]. The minimum absolute atomic E-state index is 0.0265. The molecular weight excluding hydrogens is 841 g/mol. The third-order valence-corrected chi connectivity index (χ3v) is 12.1. The van der Waals surface area contributed by atoms with Gasteiger partial charge in [-0.25, -0.2) is 8.78 Å². The fraction of sp³-hybridized carbons (Fsp3) is 0.177. The van der Waals surface area contributed by atoms with Gasteiger partial charge in [0.25, 0.3) is 0 Å². The van der Waals surface area contributed by atoms with E-state index in [9.17, 15) is 16.4 Å². The van der Waals surface area contributed by atoms with Crippen molar-refractivity contribution in [1.29, 1.82) is 0 Å². The number of aromatic nitrogens is 3. The molecule has 1 aliphatic rings. The molecule has 0 atom stereocenters. The summed E-state index contributed by atoms with van der Waals surface area (Å²) in [5.74, 6) is -2.58. The maximum Gasteiger partial charge on any atom is 0.174 e. The lowest BCUT2D eigenvalue weighted by molar-refractivity contribution is 0.586. The summed E-state index contributed by atoms with van der Waals surface area (Å²) >= 11 is 0. The molecule has 68 heavy (non-hydrogen) atoms. The van der Waals surface area contributed by atoms with Crippen LogP contribution in [0.3, 0.4) is 0 Å². The first-order chi connectivity index (χ1) is 40.1. The Bertz CT molecular complexity index is 4220. The molecule has 0 saturated heterocycles. The normalized spacial score (nSPS) is 17.8. The summed E-state index contributed by atoms with van der Waals surface area (Å²) in [7, 11) is 0. The van der Waals surface area contributed by atoms with Crippen LogP contribution in [0, 0.1) is 11.6 Å². The molecule has 4 heterocycles. The van der Waals surface area contributed by atoms with E-state index < -0.39 is 108 Å². The number of rotatable bonds is 14. The van der Waals surface area contributed by atoms with E-state index in [1.165, 1.54) is 42.6 Å². The van der Waals surface area contributed by atoms with E-state index in [1.54, 1.807) is 42.5 Å². The zero-order valence-electron chi connectivity index (χ0n) is 53.3. The minimum Gasteiger partial charge on any atom is -0.452 e. The Morgan fingerprint density at radius 1 is 0.500 bits per heavy atom. The second-order valence-corrected chi connectivity index (χ2v) is 16.5. The second kappa shape index (κ2) is 19.3. The van der Waals surface area contributed by atoms with Crippen LogP contribution in [0.25, 0.3) is 66.8 Å². The van der Waals surface area contributed by atoms with Crippen LogP contribution in [-0.4, -0.2) is 15.0 Å². The van der Waals surface area contributed by atoms with Crippen molar-refractivity contribution in [3.8, 4) is 44.9 Å². The number of halogens is 2. The molecule has 1 aliphatic carbocycles. The summed E-state index contributed by atoms with van der Waals surface area (Å²) in [4.78, 5) is 13.3. The van der Waals surface area contributed by atoms with Gasteiger partial charge in [-0.2, -0.15) is 0 Å². The standard InChI is InChI=1S/C62H51F2N3O/c63-56-37-59(54-22-12-21-52-53-31-30-51(45-13-4-1-5-14-45)60(64)62(53)68-61(52)54)67-40-50(56)29-26-44-34-42(24-23-41-27-32-57(65-38-41)47-17-6-2-7-18-47)33-43(35-44)25-28-49-39-66-58(48-19-8-3-9-20-48)36-55(49)46-15-10-11-16-46/h1-9,12-14,17-22,27,30-40,46H,10-11,15-16,23-26,28-29H2/i1D,4D,5D,13D,14D,23D2,24D2,25D2,26D2,28D2,29D2. The Balaban J connectivity index is 1.01. The van der Waals surface area contributed by atoms with Gasteiger partial charge in [0, 0.05) is 79.7 Å². The zero-order valence-corrected chi connectivity index (χ0v) is 36.3. The maximum atomic E-state index is 17.0. The number of fused-ring (bicyclic) bond motifs is 3. The monoisotopic (exact) mass is 909 g/mol. The Kier molecular flexibility index (Phi) is 7.94. The van der Waals surface area contributed by atoms with Crippen molar-refractivity contribution in [3.05, 3.63) is 233 Å². The highest BCUT2D eigenvalue weighted by Gasteiger charge is 2.22. The second-order valence-electron chi connectivity index (χ2n) is 16.5. The molecule has 0 radical (unpaired) electrons. The van der Waals surface area contributed by atoms with Gasteiger partial charge in [0.1, 0.15) is 11.4 Å². The van der Waals surface area contributed by atoms with Gasteiger partial charge in [-0.15, -0.1) is 0 Å². The molecular formula is C62H51F2N3O. The van der Waals surface area contributed by atoms with E-state index in [0.717, 1.165) is 55.1 Å². The van der Waals surface area contributed by atoms with E-state index in [2.05, 4.69) is 15.0 Å². The summed E-state index contributed by atoms with van der Waals surface area (Å²) < 4.78 is 195. The minimum atomic E-state index is -3.46. The number of nitrogens with zero attached hydrogens (tertiary/aromatic N) is 3. The van der Waals surface area contributed by atoms with Gasteiger partial charge in [0.2, 0.25) is 0 Å². The number of pyridine rings is 3. The zero-order chi connectivity index (χ0) is 60.9. The largest absolute Gasteiger partial charge is 0.452 e. The molecule has 4 aromatic heterocycles. The van der Waals surface area contributed by atoms with Gasteiger partial charge in [0.15, 0.2) is 11.4 Å².